The predicted octanol–water partition coefficient (Wildman–Crippen LogP) is 2.67. The van der Waals surface area contributed by atoms with Gasteiger partial charge in [-0.05, 0) is 11.1 Å². The molecule has 0 heterocycles. The fourth-order valence-corrected chi connectivity index (χ4v) is 1.04. The Balaban J connectivity index is 2.75. The molecule has 0 spiro atoms. The van der Waals surface area contributed by atoms with Gasteiger partial charge in [-0.1, -0.05) is 24.3 Å². The Morgan fingerprint density at radius 1 is 1.38 bits per heavy atom. The molecule has 0 amide bonds. The minimum Gasteiger partial charge on any atom is -0.259 e. The topological polar surface area (TPSA) is 43.1 Å². The van der Waals surface area contributed by atoms with Crippen molar-refractivity contribution in [2.75, 3.05) is 0 Å². The van der Waals surface area contributed by atoms with E-state index in [1.54, 1.807) is 12.1 Å². The highest BCUT2D eigenvalue weighted by molar-refractivity contribution is 6.17. The maximum atomic E-state index is 9.99. The van der Waals surface area contributed by atoms with E-state index < -0.39 is 4.92 Å². The molecule has 1 aromatic rings. The van der Waals surface area contributed by atoms with Crippen LogP contribution >= 0.6 is 11.6 Å². The average molecular weight is 198 g/mol. The molecule has 0 fully saturated rings. The zero-order valence-electron chi connectivity index (χ0n) is 6.81. The molecule has 4 heteroatoms. The van der Waals surface area contributed by atoms with E-state index in [1.165, 1.54) is 6.08 Å². The number of hydrogen-bond donors (Lipinski definition) is 0. The van der Waals surface area contributed by atoms with Crippen LogP contribution in [-0.4, -0.2) is 4.92 Å². The molecule has 0 atom stereocenters. The van der Waals surface area contributed by atoms with Crippen molar-refractivity contribution in [2.24, 2.45) is 0 Å². The zero-order valence-corrected chi connectivity index (χ0v) is 7.57. The molecule has 0 radical (unpaired) electrons. The monoisotopic (exact) mass is 197 g/mol. The number of halogens is 1. The second-order valence-electron chi connectivity index (χ2n) is 2.48. The number of nitrogens with zero attached hydrogens (tertiary/aromatic N) is 1. The van der Waals surface area contributed by atoms with Crippen LogP contribution in [0.3, 0.4) is 0 Å². The Morgan fingerprint density at radius 3 is 2.46 bits per heavy atom. The first kappa shape index (κ1) is 9.74. The zero-order chi connectivity index (χ0) is 9.68. The molecular formula is C9H8ClNO2. The SMILES string of the molecule is O=[N+]([O-])/C=C/c1ccc(CCl)cc1. The summed E-state index contributed by atoms with van der Waals surface area (Å²) in [6, 6.07) is 7.26. The minimum atomic E-state index is -0.491. The van der Waals surface area contributed by atoms with Crippen molar-refractivity contribution in [1.82, 2.24) is 0 Å². The molecule has 0 saturated carbocycles. The van der Waals surface area contributed by atoms with Gasteiger partial charge in [-0.3, -0.25) is 10.1 Å². The largest absolute Gasteiger partial charge is 0.259 e. The van der Waals surface area contributed by atoms with E-state index in [-0.39, 0.29) is 0 Å². The van der Waals surface area contributed by atoms with Crippen LogP contribution in [0.2, 0.25) is 0 Å². The molecule has 3 nitrogen and oxygen atoms in total. The van der Waals surface area contributed by atoms with Crippen molar-refractivity contribution >= 4 is 17.7 Å². The Labute approximate surface area is 80.8 Å². The Kier molecular flexibility index (Phi) is 3.46. The number of benzene rings is 1. The maximum absolute atomic E-state index is 9.99. The summed E-state index contributed by atoms with van der Waals surface area (Å²) in [7, 11) is 0. The molecule has 1 aromatic carbocycles. The van der Waals surface area contributed by atoms with Crippen LogP contribution < -0.4 is 0 Å². The van der Waals surface area contributed by atoms with E-state index in [4.69, 9.17) is 11.6 Å². The van der Waals surface area contributed by atoms with Gasteiger partial charge in [0.25, 0.3) is 0 Å². The lowest BCUT2D eigenvalue weighted by molar-refractivity contribution is -0.400. The Bertz CT molecular complexity index is 319. The van der Waals surface area contributed by atoms with Crippen molar-refractivity contribution in [2.45, 2.75) is 5.88 Å². The van der Waals surface area contributed by atoms with Crippen LogP contribution in [0.4, 0.5) is 0 Å². The number of alkyl halides is 1. The molecular weight excluding hydrogens is 190 g/mol. The summed E-state index contributed by atoms with van der Waals surface area (Å²) in [4.78, 5) is 9.50. The third-order valence-electron chi connectivity index (χ3n) is 1.52. The van der Waals surface area contributed by atoms with Gasteiger partial charge < -0.3 is 0 Å². The molecule has 0 aliphatic heterocycles. The van der Waals surface area contributed by atoms with E-state index in [1.807, 2.05) is 12.1 Å². The van der Waals surface area contributed by atoms with Crippen molar-refractivity contribution in [3.8, 4) is 0 Å². The summed E-state index contributed by atoms with van der Waals surface area (Å²) in [5.74, 6) is 0.458. The second kappa shape index (κ2) is 4.62. The summed E-state index contributed by atoms with van der Waals surface area (Å²) in [5, 5.41) is 9.99. The third-order valence-corrected chi connectivity index (χ3v) is 1.83. The molecule has 68 valence electrons. The normalized spacial score (nSPS) is 10.5. The molecule has 0 bridgehead atoms. The smallest absolute Gasteiger partial charge is 0.235 e. The van der Waals surface area contributed by atoms with Crippen molar-refractivity contribution < 1.29 is 4.92 Å². The first-order valence-corrected chi connectivity index (χ1v) is 4.22. The van der Waals surface area contributed by atoms with Crippen LogP contribution in [0, 0.1) is 10.1 Å². The lowest BCUT2D eigenvalue weighted by Gasteiger charge is -1.94. The summed E-state index contributed by atoms with van der Waals surface area (Å²) in [6.45, 7) is 0. The highest BCUT2D eigenvalue weighted by Crippen LogP contribution is 2.07. The van der Waals surface area contributed by atoms with Gasteiger partial charge in [0, 0.05) is 12.0 Å². The molecule has 13 heavy (non-hydrogen) atoms. The van der Waals surface area contributed by atoms with Crippen LogP contribution in [0.1, 0.15) is 11.1 Å². The summed E-state index contributed by atoms with van der Waals surface area (Å²) in [5.41, 5.74) is 1.80. The fourth-order valence-electron chi connectivity index (χ4n) is 0.865. The Hall–Kier alpha value is -1.35. The lowest BCUT2D eigenvalue weighted by atomic mass is 10.1. The number of hydrogen-bond acceptors (Lipinski definition) is 2. The van der Waals surface area contributed by atoms with E-state index in [0.717, 1.165) is 17.3 Å². The summed E-state index contributed by atoms with van der Waals surface area (Å²) < 4.78 is 0. The van der Waals surface area contributed by atoms with E-state index in [0.29, 0.717) is 5.88 Å². The molecule has 0 aliphatic rings. The van der Waals surface area contributed by atoms with Gasteiger partial charge in [0.15, 0.2) is 0 Å². The number of rotatable bonds is 3. The van der Waals surface area contributed by atoms with E-state index >= 15 is 0 Å². The standard InChI is InChI=1S/C9H8ClNO2/c10-7-9-3-1-8(2-4-9)5-6-11(12)13/h1-6H,7H2/b6-5+. The highest BCUT2D eigenvalue weighted by Gasteiger charge is 1.91. The molecule has 1 rings (SSSR count). The second-order valence-corrected chi connectivity index (χ2v) is 2.74. The molecule has 0 aromatic heterocycles. The van der Waals surface area contributed by atoms with E-state index in [9.17, 15) is 10.1 Å². The number of nitro groups is 1. The van der Waals surface area contributed by atoms with Gasteiger partial charge >= 0.3 is 0 Å². The van der Waals surface area contributed by atoms with Crippen molar-refractivity contribution in [3.05, 3.63) is 51.7 Å². The third kappa shape index (κ3) is 3.25. The summed E-state index contributed by atoms with van der Waals surface area (Å²) in [6.07, 6.45) is 2.35. The molecule has 0 N–H and O–H groups in total. The molecule has 0 aliphatic carbocycles. The Morgan fingerprint density at radius 2 is 2.00 bits per heavy atom. The van der Waals surface area contributed by atoms with Crippen LogP contribution in [-0.2, 0) is 5.88 Å². The maximum Gasteiger partial charge on any atom is 0.235 e. The average Bonchev–Trinajstić information content (AvgIpc) is 2.15. The highest BCUT2D eigenvalue weighted by atomic mass is 35.5. The van der Waals surface area contributed by atoms with Crippen molar-refractivity contribution in [1.29, 1.82) is 0 Å². The first-order chi connectivity index (χ1) is 6.22. The molecule has 0 unspecified atom stereocenters. The van der Waals surface area contributed by atoms with Crippen LogP contribution in [0.15, 0.2) is 30.5 Å². The van der Waals surface area contributed by atoms with Gasteiger partial charge in [-0.25, -0.2) is 0 Å². The van der Waals surface area contributed by atoms with Gasteiger partial charge in [-0.2, -0.15) is 0 Å². The van der Waals surface area contributed by atoms with Crippen LogP contribution in [0.5, 0.6) is 0 Å². The minimum absolute atomic E-state index is 0.458. The quantitative estimate of drug-likeness (QED) is 0.425. The fraction of sp³-hybridized carbons (Fsp3) is 0.111. The van der Waals surface area contributed by atoms with Gasteiger partial charge in [0.1, 0.15) is 0 Å². The summed E-state index contributed by atoms with van der Waals surface area (Å²) >= 11 is 5.58. The van der Waals surface area contributed by atoms with Gasteiger partial charge in [0.05, 0.1) is 4.92 Å². The van der Waals surface area contributed by atoms with Crippen molar-refractivity contribution in [3.63, 3.8) is 0 Å². The lowest BCUT2D eigenvalue weighted by Crippen LogP contribution is -1.83. The van der Waals surface area contributed by atoms with Crippen LogP contribution in [0.25, 0.3) is 6.08 Å². The molecule has 0 saturated heterocycles. The van der Waals surface area contributed by atoms with Gasteiger partial charge in [-0.15, -0.1) is 11.6 Å². The van der Waals surface area contributed by atoms with E-state index in [2.05, 4.69) is 0 Å². The van der Waals surface area contributed by atoms with Gasteiger partial charge in [0.2, 0.25) is 6.20 Å². The predicted molar refractivity (Wildman–Crippen MR) is 52.0 cm³/mol. The first-order valence-electron chi connectivity index (χ1n) is 3.69.